The van der Waals surface area contributed by atoms with Gasteiger partial charge in [0.25, 0.3) is 0 Å². The average molecular weight is 384 g/mol. The summed E-state index contributed by atoms with van der Waals surface area (Å²) in [5.41, 5.74) is 2.25. The van der Waals surface area contributed by atoms with Crippen molar-refractivity contribution in [1.82, 2.24) is 10.2 Å². The van der Waals surface area contributed by atoms with Crippen molar-refractivity contribution in [3.63, 3.8) is 0 Å². The van der Waals surface area contributed by atoms with Crippen LogP contribution in [0, 0.1) is 0 Å². The van der Waals surface area contributed by atoms with Crippen molar-refractivity contribution in [2.75, 3.05) is 27.4 Å². The van der Waals surface area contributed by atoms with E-state index in [1.807, 2.05) is 53.4 Å². The first-order chi connectivity index (χ1) is 13.6. The maximum atomic E-state index is 12.3. The molecule has 0 aromatic heterocycles. The Kier molecular flexibility index (Phi) is 6.90. The fourth-order valence-electron chi connectivity index (χ4n) is 3.20. The predicted molar refractivity (Wildman–Crippen MR) is 107 cm³/mol. The Hall–Kier alpha value is -2.57. The number of nitrogens with one attached hydrogen (secondary N) is 1. The van der Waals surface area contributed by atoms with E-state index in [0.29, 0.717) is 13.1 Å². The molecule has 1 amide bonds. The highest BCUT2D eigenvalue weighted by Gasteiger charge is 2.29. The van der Waals surface area contributed by atoms with E-state index in [2.05, 4.69) is 12.2 Å². The Bertz CT molecular complexity index is 761. The summed E-state index contributed by atoms with van der Waals surface area (Å²) in [5.74, 6) is 1.68. The lowest BCUT2D eigenvalue weighted by Gasteiger charge is -2.36. The number of hydrogen-bond donors (Lipinski definition) is 1. The summed E-state index contributed by atoms with van der Waals surface area (Å²) in [6, 6.07) is 15.9. The molecule has 0 unspecified atom stereocenters. The quantitative estimate of drug-likeness (QED) is 0.758. The van der Waals surface area contributed by atoms with Gasteiger partial charge < -0.3 is 24.4 Å². The van der Waals surface area contributed by atoms with Gasteiger partial charge in [0.1, 0.15) is 18.1 Å². The van der Waals surface area contributed by atoms with Crippen LogP contribution in [0.25, 0.3) is 0 Å². The topological polar surface area (TPSA) is 60.0 Å². The highest BCUT2D eigenvalue weighted by Crippen LogP contribution is 2.17. The van der Waals surface area contributed by atoms with Crippen LogP contribution < -0.4 is 14.8 Å². The van der Waals surface area contributed by atoms with Crippen LogP contribution in [0.5, 0.6) is 11.5 Å². The highest BCUT2D eigenvalue weighted by molar-refractivity contribution is 5.78. The molecule has 0 spiro atoms. The highest BCUT2D eigenvalue weighted by atomic mass is 16.5. The molecule has 1 fully saturated rings. The second kappa shape index (κ2) is 9.57. The maximum absolute atomic E-state index is 12.3. The number of morpholine rings is 1. The van der Waals surface area contributed by atoms with E-state index in [4.69, 9.17) is 14.2 Å². The summed E-state index contributed by atoms with van der Waals surface area (Å²) in [5, 5.41) is 3.50. The van der Waals surface area contributed by atoms with E-state index in [0.717, 1.165) is 23.6 Å². The van der Waals surface area contributed by atoms with Crippen LogP contribution in [0.2, 0.25) is 0 Å². The molecule has 150 valence electrons. The zero-order valence-electron chi connectivity index (χ0n) is 16.7. The third-order valence-corrected chi connectivity index (χ3v) is 5.05. The number of rotatable bonds is 8. The Morgan fingerprint density at radius 2 is 1.61 bits per heavy atom. The second-order valence-electron chi connectivity index (χ2n) is 6.99. The van der Waals surface area contributed by atoms with E-state index in [1.165, 1.54) is 5.56 Å². The molecule has 3 rings (SSSR count). The molecular formula is C22H28N2O4. The Labute approximate surface area is 166 Å². The van der Waals surface area contributed by atoms with Gasteiger partial charge >= 0.3 is 0 Å². The number of amides is 1. The Morgan fingerprint density at radius 3 is 2.18 bits per heavy atom. The van der Waals surface area contributed by atoms with E-state index < -0.39 is 0 Å². The summed E-state index contributed by atoms with van der Waals surface area (Å²) in [4.78, 5) is 14.1. The molecular weight excluding hydrogens is 356 g/mol. The maximum Gasteiger partial charge on any atom is 0.248 e. The van der Waals surface area contributed by atoms with Crippen molar-refractivity contribution in [2.24, 2.45) is 0 Å². The summed E-state index contributed by atoms with van der Waals surface area (Å²) in [6.45, 7) is 4.10. The number of ether oxygens (including phenoxy) is 3. The van der Waals surface area contributed by atoms with Gasteiger partial charge in [-0.25, -0.2) is 0 Å². The van der Waals surface area contributed by atoms with Crippen molar-refractivity contribution in [3.05, 3.63) is 59.7 Å². The van der Waals surface area contributed by atoms with Gasteiger partial charge in [0.15, 0.2) is 0 Å². The molecule has 1 N–H and O–H groups in total. The van der Waals surface area contributed by atoms with Gasteiger partial charge in [0, 0.05) is 25.7 Å². The zero-order chi connectivity index (χ0) is 19.9. The lowest BCUT2D eigenvalue weighted by atomic mass is 10.1. The lowest BCUT2D eigenvalue weighted by Crippen LogP contribution is -2.53. The molecule has 6 nitrogen and oxygen atoms in total. The molecule has 1 aliphatic heterocycles. The molecule has 1 saturated heterocycles. The van der Waals surface area contributed by atoms with Crippen LogP contribution in [0.4, 0.5) is 0 Å². The lowest BCUT2D eigenvalue weighted by molar-refractivity contribution is -0.151. The number of carbonyl (C=O) groups is 1. The standard InChI is InChI=1S/C22H28N2O4/c1-16(23-12-17-4-8-19(26-2)9-5-17)21-14-24(22(25)15-28-21)13-18-6-10-20(27-3)11-7-18/h4-11,16,21,23H,12-15H2,1-3H3/t16-,21+/m0/s1. The van der Waals surface area contributed by atoms with Gasteiger partial charge in [0.05, 0.1) is 20.3 Å². The monoisotopic (exact) mass is 384 g/mol. The van der Waals surface area contributed by atoms with Crippen molar-refractivity contribution in [2.45, 2.75) is 32.2 Å². The van der Waals surface area contributed by atoms with Crippen LogP contribution in [0.1, 0.15) is 18.1 Å². The van der Waals surface area contributed by atoms with Gasteiger partial charge in [-0.05, 0) is 42.3 Å². The van der Waals surface area contributed by atoms with Crippen molar-refractivity contribution in [1.29, 1.82) is 0 Å². The minimum atomic E-state index is -0.0470. The molecule has 28 heavy (non-hydrogen) atoms. The fraction of sp³-hybridized carbons (Fsp3) is 0.409. The molecule has 0 radical (unpaired) electrons. The summed E-state index contributed by atoms with van der Waals surface area (Å²) < 4.78 is 16.2. The third-order valence-electron chi connectivity index (χ3n) is 5.05. The normalized spacial score (nSPS) is 18.0. The van der Waals surface area contributed by atoms with Crippen LogP contribution in [0.3, 0.4) is 0 Å². The molecule has 0 aliphatic carbocycles. The van der Waals surface area contributed by atoms with Gasteiger partial charge in [-0.1, -0.05) is 24.3 Å². The van der Waals surface area contributed by atoms with Gasteiger partial charge in [-0.15, -0.1) is 0 Å². The summed E-state index contributed by atoms with van der Waals surface area (Å²) >= 11 is 0. The van der Waals surface area contributed by atoms with Crippen molar-refractivity contribution < 1.29 is 19.0 Å². The first-order valence-electron chi connectivity index (χ1n) is 9.47. The van der Waals surface area contributed by atoms with Crippen molar-refractivity contribution >= 4 is 5.91 Å². The number of methoxy groups -OCH3 is 2. The second-order valence-corrected chi connectivity index (χ2v) is 6.99. The van der Waals surface area contributed by atoms with Crippen LogP contribution in [-0.4, -0.2) is 50.3 Å². The van der Waals surface area contributed by atoms with E-state index in [-0.39, 0.29) is 24.7 Å². The Balaban J connectivity index is 1.53. The summed E-state index contributed by atoms with van der Waals surface area (Å²) in [6.07, 6.45) is -0.0470. The van der Waals surface area contributed by atoms with E-state index in [1.54, 1.807) is 14.2 Å². The van der Waals surface area contributed by atoms with Gasteiger partial charge in [-0.3, -0.25) is 4.79 Å². The number of nitrogens with zero attached hydrogens (tertiary/aromatic N) is 1. The van der Waals surface area contributed by atoms with Gasteiger partial charge in [0.2, 0.25) is 5.91 Å². The largest absolute Gasteiger partial charge is 0.497 e. The first-order valence-corrected chi connectivity index (χ1v) is 9.47. The van der Waals surface area contributed by atoms with Crippen molar-refractivity contribution in [3.8, 4) is 11.5 Å². The SMILES string of the molecule is COc1ccc(CN[C@@H](C)[C@H]2CN(Cc3ccc(OC)cc3)C(=O)CO2)cc1. The zero-order valence-corrected chi connectivity index (χ0v) is 16.7. The first kappa shape index (κ1) is 20.2. The average Bonchev–Trinajstić information content (AvgIpc) is 2.74. The molecule has 6 heteroatoms. The van der Waals surface area contributed by atoms with E-state index >= 15 is 0 Å². The Morgan fingerprint density at radius 1 is 1.04 bits per heavy atom. The molecule has 1 heterocycles. The predicted octanol–water partition coefficient (Wildman–Crippen LogP) is 2.61. The van der Waals surface area contributed by atoms with Gasteiger partial charge in [-0.2, -0.15) is 0 Å². The van der Waals surface area contributed by atoms with Crippen LogP contribution in [0.15, 0.2) is 48.5 Å². The number of benzene rings is 2. The third kappa shape index (κ3) is 5.24. The smallest absolute Gasteiger partial charge is 0.248 e. The minimum Gasteiger partial charge on any atom is -0.497 e. The molecule has 0 bridgehead atoms. The molecule has 2 aromatic rings. The molecule has 2 atom stereocenters. The fourth-order valence-corrected chi connectivity index (χ4v) is 3.20. The van der Waals surface area contributed by atoms with E-state index in [9.17, 15) is 4.79 Å². The number of carbonyl (C=O) groups excluding carboxylic acids is 1. The summed E-state index contributed by atoms with van der Waals surface area (Å²) in [7, 11) is 3.31. The molecule has 1 aliphatic rings. The number of hydrogen-bond acceptors (Lipinski definition) is 5. The molecule has 2 aromatic carbocycles. The molecule has 0 saturated carbocycles. The van der Waals surface area contributed by atoms with Crippen LogP contribution in [-0.2, 0) is 22.6 Å². The minimum absolute atomic E-state index is 0.0226. The van der Waals surface area contributed by atoms with Crippen LogP contribution >= 0.6 is 0 Å².